The minimum Gasteiger partial charge on any atom is -0.466 e. The number of carbonyl (C=O) groups excluding carboxylic acids is 5. The van der Waals surface area contributed by atoms with Gasteiger partial charge in [-0.15, -0.1) is 0 Å². The quantitative estimate of drug-likeness (QED) is 0.0362. The van der Waals surface area contributed by atoms with Gasteiger partial charge in [0.1, 0.15) is 30.4 Å². The molecule has 15 nitrogen and oxygen atoms in total. The molecule has 58 heavy (non-hydrogen) atoms. The van der Waals surface area contributed by atoms with Crippen LogP contribution in [0.25, 0.3) is 0 Å². The lowest BCUT2D eigenvalue weighted by atomic mass is 9.97. The molecule has 0 aliphatic carbocycles. The number of ether oxygens (including phenoxy) is 4. The van der Waals surface area contributed by atoms with Crippen molar-refractivity contribution in [3.05, 3.63) is 0 Å². The Labute approximate surface area is 347 Å². The van der Waals surface area contributed by atoms with E-state index in [9.17, 15) is 39.3 Å². The molecular weight excluding hydrogens is 750 g/mol. The van der Waals surface area contributed by atoms with E-state index in [4.69, 9.17) is 18.9 Å². The lowest BCUT2D eigenvalue weighted by molar-refractivity contribution is -0.269. The van der Waals surface area contributed by atoms with Crippen LogP contribution in [0.15, 0.2) is 0 Å². The lowest BCUT2D eigenvalue weighted by Gasteiger charge is -2.42. The third-order valence-corrected chi connectivity index (χ3v) is 10.3. The van der Waals surface area contributed by atoms with Crippen LogP contribution in [0, 0.1) is 0 Å². The van der Waals surface area contributed by atoms with Crippen LogP contribution in [0.2, 0.25) is 0 Å². The molecular formula is C43H79N3O12. The molecule has 15 heteroatoms. The first-order valence-electron chi connectivity index (χ1n) is 22.4. The smallest absolute Gasteiger partial charge is 0.328 e. The Morgan fingerprint density at radius 2 is 1.14 bits per heavy atom. The van der Waals surface area contributed by atoms with Gasteiger partial charge in [-0.1, -0.05) is 129 Å². The molecule has 1 heterocycles. The fourth-order valence-electron chi connectivity index (χ4n) is 6.78. The molecule has 6 N–H and O–H groups in total. The van der Waals surface area contributed by atoms with Crippen molar-refractivity contribution >= 4 is 29.7 Å². The van der Waals surface area contributed by atoms with E-state index in [-0.39, 0.29) is 45.4 Å². The zero-order valence-corrected chi connectivity index (χ0v) is 36.0. The number of unbranched alkanes of at least 4 members (excludes halogenated alkanes) is 18. The fraction of sp³-hybridized carbons (Fsp3) is 0.884. The number of hydrogen-bond donors (Lipinski definition) is 6. The number of esters is 2. The van der Waals surface area contributed by atoms with E-state index in [1.54, 1.807) is 0 Å². The monoisotopic (exact) mass is 830 g/mol. The summed E-state index contributed by atoms with van der Waals surface area (Å²) in [6.07, 6.45) is 17.3. The molecule has 0 aromatic rings. The number of carbonyl (C=O) groups is 5. The summed E-state index contributed by atoms with van der Waals surface area (Å²) in [5.41, 5.74) is 0. The first kappa shape index (κ1) is 53.2. The van der Waals surface area contributed by atoms with Crippen molar-refractivity contribution in [2.75, 3.05) is 33.0 Å². The Hall–Kier alpha value is -2.85. The minimum absolute atomic E-state index is 0.00852. The highest BCUT2D eigenvalue weighted by atomic mass is 16.7. The summed E-state index contributed by atoms with van der Waals surface area (Å²) in [6.45, 7) is 5.47. The van der Waals surface area contributed by atoms with E-state index in [1.807, 2.05) is 0 Å². The summed E-state index contributed by atoms with van der Waals surface area (Å²) in [5, 5.41) is 37.7. The summed E-state index contributed by atoms with van der Waals surface area (Å²) in [5.74, 6) is -2.59. The van der Waals surface area contributed by atoms with Crippen LogP contribution in [0.5, 0.6) is 0 Å². The normalized spacial score (nSPS) is 19.6. The van der Waals surface area contributed by atoms with E-state index >= 15 is 0 Å². The Balaban J connectivity index is 2.51. The Morgan fingerprint density at radius 1 is 0.638 bits per heavy atom. The van der Waals surface area contributed by atoms with Gasteiger partial charge in [0.2, 0.25) is 17.7 Å². The van der Waals surface area contributed by atoms with E-state index < -0.39 is 73.0 Å². The molecule has 3 amide bonds. The largest absolute Gasteiger partial charge is 0.466 e. The topological polar surface area (TPSA) is 219 Å². The number of rotatable bonds is 36. The standard InChI is InChI=1S/C43H79N3O12/c1-4-6-8-10-12-14-16-18-20-22-29-55-38(51)27-24-34(42(54)56-30-23-21-19-17-15-13-11-9-7-5-2)46-37(50)26-25-36(49)44-28-31-57-43-39(45-33(3)48)41(53)40(52)35(32-47)58-43/h34-35,39-41,43,47,52-53H,4-32H2,1-3H3,(H,44,49)(H,45,48)(H,46,50)/t34?,35-,39-,40+,41-,43-/m1/s1. The number of aliphatic hydroxyl groups excluding tert-OH is 3. The Kier molecular flexibility index (Phi) is 32.0. The molecule has 1 saturated heterocycles. The highest BCUT2D eigenvalue weighted by molar-refractivity contribution is 5.87. The van der Waals surface area contributed by atoms with E-state index in [1.165, 1.54) is 90.4 Å². The zero-order chi connectivity index (χ0) is 42.8. The molecule has 1 aliphatic heterocycles. The van der Waals surface area contributed by atoms with Crippen LogP contribution in [0.4, 0.5) is 0 Å². The molecule has 0 aromatic heterocycles. The number of aliphatic hydroxyl groups is 3. The molecule has 0 bridgehead atoms. The van der Waals surface area contributed by atoms with Gasteiger partial charge in [0, 0.05) is 32.7 Å². The van der Waals surface area contributed by atoms with Gasteiger partial charge in [0.15, 0.2) is 6.29 Å². The maximum absolute atomic E-state index is 13.1. The first-order valence-corrected chi connectivity index (χ1v) is 22.4. The van der Waals surface area contributed by atoms with Crippen molar-refractivity contribution in [3.8, 4) is 0 Å². The van der Waals surface area contributed by atoms with Crippen molar-refractivity contribution in [2.24, 2.45) is 0 Å². The van der Waals surface area contributed by atoms with Gasteiger partial charge in [0.05, 0.1) is 26.4 Å². The maximum atomic E-state index is 13.1. The molecule has 0 radical (unpaired) electrons. The van der Waals surface area contributed by atoms with Gasteiger partial charge in [-0.2, -0.15) is 0 Å². The second-order valence-corrected chi connectivity index (χ2v) is 15.6. The van der Waals surface area contributed by atoms with Gasteiger partial charge in [0.25, 0.3) is 0 Å². The third kappa shape index (κ3) is 26.3. The molecule has 338 valence electrons. The predicted octanol–water partition coefficient (Wildman–Crippen LogP) is 5.04. The zero-order valence-electron chi connectivity index (χ0n) is 36.0. The van der Waals surface area contributed by atoms with Gasteiger partial charge >= 0.3 is 11.9 Å². The molecule has 6 atom stereocenters. The lowest BCUT2D eigenvalue weighted by Crippen LogP contribution is -2.64. The first-order chi connectivity index (χ1) is 28.0. The number of nitrogens with one attached hydrogen (secondary N) is 3. The molecule has 0 spiro atoms. The van der Waals surface area contributed by atoms with Crippen LogP contribution in [-0.2, 0) is 42.9 Å². The summed E-state index contributed by atoms with van der Waals surface area (Å²) in [7, 11) is 0. The molecule has 0 saturated carbocycles. The summed E-state index contributed by atoms with van der Waals surface area (Å²) in [6, 6.07) is -2.18. The second-order valence-electron chi connectivity index (χ2n) is 15.6. The van der Waals surface area contributed by atoms with Crippen molar-refractivity contribution in [1.29, 1.82) is 0 Å². The SMILES string of the molecule is CCCCCCCCCCCCOC(=O)CCC(NC(=O)CCC(=O)NCCO[C@@H]1O[C@H](CO)[C@H](O)[C@H](O)[C@H]1NC(C)=O)C(=O)OCCCCCCCCCCCC. The van der Waals surface area contributed by atoms with Crippen LogP contribution in [0.1, 0.15) is 175 Å². The molecule has 1 unspecified atom stereocenters. The van der Waals surface area contributed by atoms with Crippen LogP contribution >= 0.6 is 0 Å². The molecule has 1 aliphatic rings. The van der Waals surface area contributed by atoms with E-state index in [0.717, 1.165) is 38.5 Å². The van der Waals surface area contributed by atoms with E-state index in [2.05, 4.69) is 29.8 Å². The fourth-order valence-corrected chi connectivity index (χ4v) is 6.78. The minimum atomic E-state index is -1.46. The van der Waals surface area contributed by atoms with Crippen LogP contribution in [0.3, 0.4) is 0 Å². The van der Waals surface area contributed by atoms with Gasteiger partial charge < -0.3 is 50.2 Å². The maximum Gasteiger partial charge on any atom is 0.328 e. The Morgan fingerprint density at radius 3 is 1.66 bits per heavy atom. The van der Waals surface area contributed by atoms with Crippen molar-refractivity contribution in [3.63, 3.8) is 0 Å². The summed E-state index contributed by atoms with van der Waals surface area (Å²) < 4.78 is 22.0. The van der Waals surface area contributed by atoms with E-state index in [0.29, 0.717) is 13.0 Å². The average Bonchev–Trinajstić information content (AvgIpc) is 3.20. The summed E-state index contributed by atoms with van der Waals surface area (Å²) in [4.78, 5) is 62.6. The summed E-state index contributed by atoms with van der Waals surface area (Å²) >= 11 is 0. The Bertz CT molecular complexity index is 1110. The van der Waals surface area contributed by atoms with Gasteiger partial charge in [-0.05, 0) is 19.3 Å². The highest BCUT2D eigenvalue weighted by Crippen LogP contribution is 2.22. The van der Waals surface area contributed by atoms with Crippen molar-refractivity contribution in [2.45, 2.75) is 212 Å². The number of hydrogen-bond acceptors (Lipinski definition) is 12. The van der Waals surface area contributed by atoms with Crippen LogP contribution < -0.4 is 16.0 Å². The van der Waals surface area contributed by atoms with Gasteiger partial charge in [-0.25, -0.2) is 4.79 Å². The predicted molar refractivity (Wildman–Crippen MR) is 220 cm³/mol. The average molecular weight is 830 g/mol. The molecule has 1 fully saturated rings. The van der Waals surface area contributed by atoms with Gasteiger partial charge in [-0.3, -0.25) is 19.2 Å². The number of amides is 3. The van der Waals surface area contributed by atoms with Crippen molar-refractivity contribution < 1.29 is 58.2 Å². The second kappa shape index (κ2) is 35.0. The third-order valence-electron chi connectivity index (χ3n) is 10.3. The molecule has 0 aromatic carbocycles. The highest BCUT2D eigenvalue weighted by Gasteiger charge is 2.45. The van der Waals surface area contributed by atoms with Crippen molar-refractivity contribution in [1.82, 2.24) is 16.0 Å². The van der Waals surface area contributed by atoms with Crippen LogP contribution in [-0.4, -0.2) is 115 Å². The molecule has 1 rings (SSSR count).